The third-order valence-electron chi connectivity index (χ3n) is 3.47. The topological polar surface area (TPSA) is 38.3 Å². The van der Waals surface area contributed by atoms with Gasteiger partial charge in [0.25, 0.3) is 5.91 Å². The van der Waals surface area contributed by atoms with Crippen LogP contribution in [0.2, 0.25) is 0 Å². The summed E-state index contributed by atoms with van der Waals surface area (Å²) in [6, 6.07) is 15.7. The first-order valence-corrected chi connectivity index (χ1v) is 8.12. The first kappa shape index (κ1) is 16.6. The molecule has 1 unspecified atom stereocenters. The molecule has 0 spiro atoms. The summed E-state index contributed by atoms with van der Waals surface area (Å²) >= 11 is 3.42. The molecule has 2 rings (SSSR count). The highest BCUT2D eigenvalue weighted by Gasteiger charge is 2.13. The molecule has 22 heavy (non-hydrogen) atoms. The van der Waals surface area contributed by atoms with Crippen LogP contribution in [0.1, 0.15) is 30.5 Å². The van der Waals surface area contributed by atoms with Crippen LogP contribution in [0.25, 0.3) is 0 Å². The van der Waals surface area contributed by atoms with Gasteiger partial charge in [0.05, 0.1) is 6.04 Å². The highest BCUT2D eigenvalue weighted by Crippen LogP contribution is 2.20. The highest BCUT2D eigenvalue weighted by molar-refractivity contribution is 9.10. The Morgan fingerprint density at radius 3 is 2.50 bits per heavy atom. The Hall–Kier alpha value is -1.81. The third kappa shape index (κ3) is 4.60. The number of nitrogens with one attached hydrogen (secondary N) is 1. The molecular formula is C18H20BrNO2. The third-order valence-corrected chi connectivity index (χ3v) is 4.00. The van der Waals surface area contributed by atoms with Crippen molar-refractivity contribution in [3.8, 4) is 5.75 Å². The van der Waals surface area contributed by atoms with Crippen LogP contribution in [0, 0.1) is 6.92 Å². The van der Waals surface area contributed by atoms with E-state index in [9.17, 15) is 4.79 Å². The molecule has 1 N–H and O–H groups in total. The maximum atomic E-state index is 12.1. The van der Waals surface area contributed by atoms with Crippen molar-refractivity contribution in [2.24, 2.45) is 0 Å². The first-order valence-electron chi connectivity index (χ1n) is 7.33. The average molecular weight is 362 g/mol. The Morgan fingerprint density at radius 2 is 1.86 bits per heavy atom. The summed E-state index contributed by atoms with van der Waals surface area (Å²) in [6.45, 7) is 4.04. The van der Waals surface area contributed by atoms with Crippen molar-refractivity contribution in [1.82, 2.24) is 5.32 Å². The first-order chi connectivity index (χ1) is 10.6. The molecular weight excluding hydrogens is 342 g/mol. The Balaban J connectivity index is 1.92. The van der Waals surface area contributed by atoms with Gasteiger partial charge in [-0.15, -0.1) is 0 Å². The Bertz CT molecular complexity index is 625. The molecule has 0 fully saturated rings. The van der Waals surface area contributed by atoms with Crippen LogP contribution in [0.4, 0.5) is 0 Å². The molecule has 0 aromatic heterocycles. The van der Waals surface area contributed by atoms with E-state index in [0.29, 0.717) is 0 Å². The Labute approximate surface area is 139 Å². The number of carbonyl (C=O) groups is 1. The minimum absolute atomic E-state index is 0.000991. The lowest BCUT2D eigenvalue weighted by Crippen LogP contribution is -2.32. The van der Waals surface area contributed by atoms with Gasteiger partial charge in [0.2, 0.25) is 0 Å². The van der Waals surface area contributed by atoms with Gasteiger partial charge in [0, 0.05) is 4.47 Å². The van der Waals surface area contributed by atoms with Crippen molar-refractivity contribution < 1.29 is 9.53 Å². The lowest BCUT2D eigenvalue weighted by atomic mass is 10.0. The van der Waals surface area contributed by atoms with E-state index in [2.05, 4.69) is 28.2 Å². The summed E-state index contributed by atoms with van der Waals surface area (Å²) < 4.78 is 6.61. The fraction of sp³-hybridized carbons (Fsp3) is 0.278. The smallest absolute Gasteiger partial charge is 0.258 e. The van der Waals surface area contributed by atoms with Gasteiger partial charge in [0.15, 0.2) is 6.61 Å². The summed E-state index contributed by atoms with van der Waals surface area (Å²) in [5.74, 6) is 0.632. The number of halogens is 1. The van der Waals surface area contributed by atoms with Crippen molar-refractivity contribution in [2.75, 3.05) is 6.61 Å². The van der Waals surface area contributed by atoms with Gasteiger partial charge in [0.1, 0.15) is 5.75 Å². The van der Waals surface area contributed by atoms with Crippen molar-refractivity contribution in [1.29, 1.82) is 0 Å². The molecule has 2 aromatic rings. The van der Waals surface area contributed by atoms with Crippen LogP contribution in [-0.4, -0.2) is 12.5 Å². The van der Waals surface area contributed by atoms with E-state index in [-0.39, 0.29) is 18.6 Å². The summed E-state index contributed by atoms with van der Waals surface area (Å²) in [7, 11) is 0. The molecule has 116 valence electrons. The zero-order chi connectivity index (χ0) is 15.9. The van der Waals surface area contributed by atoms with Gasteiger partial charge in [-0.25, -0.2) is 0 Å². The van der Waals surface area contributed by atoms with E-state index >= 15 is 0 Å². The maximum Gasteiger partial charge on any atom is 0.258 e. The van der Waals surface area contributed by atoms with Gasteiger partial charge in [-0.1, -0.05) is 53.2 Å². The maximum absolute atomic E-state index is 12.1. The molecule has 0 aliphatic rings. The molecule has 1 atom stereocenters. The van der Waals surface area contributed by atoms with E-state index in [4.69, 9.17) is 4.74 Å². The van der Waals surface area contributed by atoms with Crippen molar-refractivity contribution >= 4 is 21.8 Å². The van der Waals surface area contributed by atoms with Crippen LogP contribution in [0.15, 0.2) is 53.0 Å². The Kier molecular flexibility index (Phi) is 6.01. The summed E-state index contributed by atoms with van der Waals surface area (Å²) in [6.07, 6.45) is 0.831. The van der Waals surface area contributed by atoms with Gasteiger partial charge < -0.3 is 10.1 Å². The number of aryl methyl sites for hydroxylation is 1. The second-order valence-electron chi connectivity index (χ2n) is 5.13. The monoisotopic (exact) mass is 361 g/mol. The number of ether oxygens (including phenoxy) is 1. The zero-order valence-electron chi connectivity index (χ0n) is 12.8. The number of carbonyl (C=O) groups excluding carboxylic acids is 1. The SMILES string of the molecule is CCC(NC(=O)COc1ccccc1C)c1ccc(Br)cc1. The van der Waals surface area contributed by atoms with Crippen molar-refractivity contribution in [3.63, 3.8) is 0 Å². The van der Waals surface area contributed by atoms with E-state index in [1.807, 2.05) is 55.5 Å². The van der Waals surface area contributed by atoms with Crippen LogP contribution in [-0.2, 0) is 4.79 Å². The van der Waals surface area contributed by atoms with E-state index in [0.717, 1.165) is 27.8 Å². The van der Waals surface area contributed by atoms with Crippen molar-refractivity contribution in [3.05, 3.63) is 64.1 Å². The number of hydrogen-bond donors (Lipinski definition) is 1. The number of hydrogen-bond acceptors (Lipinski definition) is 2. The lowest BCUT2D eigenvalue weighted by Gasteiger charge is -2.18. The molecule has 0 radical (unpaired) electrons. The average Bonchev–Trinajstić information content (AvgIpc) is 2.53. The van der Waals surface area contributed by atoms with Gasteiger partial charge in [-0.2, -0.15) is 0 Å². The van der Waals surface area contributed by atoms with Gasteiger partial charge in [-0.3, -0.25) is 4.79 Å². The van der Waals surface area contributed by atoms with E-state index in [1.54, 1.807) is 0 Å². The van der Waals surface area contributed by atoms with Gasteiger partial charge >= 0.3 is 0 Å². The predicted octanol–water partition coefficient (Wildman–Crippen LogP) is 4.40. The second kappa shape index (κ2) is 7.99. The fourth-order valence-corrected chi connectivity index (χ4v) is 2.48. The van der Waals surface area contributed by atoms with Crippen LogP contribution in [0.3, 0.4) is 0 Å². The minimum Gasteiger partial charge on any atom is -0.484 e. The lowest BCUT2D eigenvalue weighted by molar-refractivity contribution is -0.123. The van der Waals surface area contributed by atoms with Crippen LogP contribution < -0.4 is 10.1 Å². The molecule has 0 saturated carbocycles. The minimum atomic E-state index is -0.113. The summed E-state index contributed by atoms with van der Waals surface area (Å²) in [4.78, 5) is 12.1. The van der Waals surface area contributed by atoms with E-state index < -0.39 is 0 Å². The van der Waals surface area contributed by atoms with Crippen molar-refractivity contribution in [2.45, 2.75) is 26.3 Å². The van der Waals surface area contributed by atoms with Crippen LogP contribution in [0.5, 0.6) is 5.75 Å². The molecule has 0 bridgehead atoms. The summed E-state index contributed by atoms with van der Waals surface area (Å²) in [5.41, 5.74) is 2.12. The highest BCUT2D eigenvalue weighted by atomic mass is 79.9. The molecule has 1 amide bonds. The molecule has 0 heterocycles. The zero-order valence-corrected chi connectivity index (χ0v) is 14.4. The van der Waals surface area contributed by atoms with E-state index in [1.165, 1.54) is 0 Å². The largest absolute Gasteiger partial charge is 0.484 e. The molecule has 0 aliphatic carbocycles. The normalized spacial score (nSPS) is 11.8. The molecule has 4 heteroatoms. The number of amides is 1. The number of benzene rings is 2. The number of para-hydroxylation sites is 1. The van der Waals surface area contributed by atoms with Crippen LogP contribution >= 0.6 is 15.9 Å². The molecule has 0 aliphatic heterocycles. The quantitative estimate of drug-likeness (QED) is 0.827. The number of rotatable bonds is 6. The van der Waals surface area contributed by atoms with Gasteiger partial charge in [-0.05, 0) is 42.7 Å². The standard InChI is InChI=1S/C18H20BrNO2/c1-3-16(14-8-10-15(19)11-9-14)20-18(21)12-22-17-7-5-4-6-13(17)2/h4-11,16H,3,12H2,1-2H3,(H,20,21). The second-order valence-corrected chi connectivity index (χ2v) is 6.05. The fourth-order valence-electron chi connectivity index (χ4n) is 2.21. The Morgan fingerprint density at radius 1 is 1.18 bits per heavy atom. The molecule has 2 aromatic carbocycles. The predicted molar refractivity (Wildman–Crippen MR) is 92.0 cm³/mol. The molecule has 0 saturated heterocycles. The summed E-state index contributed by atoms with van der Waals surface area (Å²) in [5, 5.41) is 3.01. The molecule has 3 nitrogen and oxygen atoms in total.